The molecule has 0 saturated carbocycles. The molecule has 0 spiro atoms. The largest absolute Gasteiger partial charge is 0.384 e. The van der Waals surface area contributed by atoms with Gasteiger partial charge in [-0.25, -0.2) is 0 Å². The van der Waals surface area contributed by atoms with Crippen molar-refractivity contribution in [2.24, 2.45) is 11.1 Å². The Labute approximate surface area is 257 Å². The Kier molecular flexibility index (Phi) is 7.97. The second-order valence-electron chi connectivity index (χ2n) is 12.4. The van der Waals surface area contributed by atoms with E-state index in [9.17, 15) is 20.2 Å². The minimum atomic E-state index is -0.623. The molecule has 0 fully saturated rings. The molecule has 1 heterocycles. The first-order valence-corrected chi connectivity index (χ1v) is 15.3. The molecule has 1 unspecified atom stereocenters. The lowest BCUT2D eigenvalue weighted by molar-refractivity contribution is -0.384. The Bertz CT molecular complexity index is 1780. The SMILES string of the molecule is Cc1cc(C)c(C2C(C#N)=C(N)N(c3cc([N+](=O)[O-])ccc3C)C3=C2C(=O)CC(C)(C)C3)cc1CSc1ccccc1C. The topological polar surface area (TPSA) is 113 Å². The van der Waals surface area contributed by atoms with Gasteiger partial charge in [-0.1, -0.05) is 50.2 Å². The smallest absolute Gasteiger partial charge is 0.271 e. The molecular formula is C35H36N4O3S. The molecule has 2 N–H and O–H groups in total. The number of aryl methyl sites for hydroxylation is 4. The van der Waals surface area contributed by atoms with Crippen LogP contribution in [0, 0.1) is 54.6 Å². The quantitative estimate of drug-likeness (QED) is 0.175. The van der Waals surface area contributed by atoms with Gasteiger partial charge < -0.3 is 5.73 Å². The van der Waals surface area contributed by atoms with E-state index in [1.807, 2.05) is 39.8 Å². The lowest BCUT2D eigenvalue weighted by atomic mass is 9.68. The highest BCUT2D eigenvalue weighted by Crippen LogP contribution is 2.51. The number of nitriles is 1. The van der Waals surface area contributed by atoms with Crippen LogP contribution in [0.5, 0.6) is 0 Å². The summed E-state index contributed by atoms with van der Waals surface area (Å²) in [6.07, 6.45) is 0.872. The molecule has 43 heavy (non-hydrogen) atoms. The average molecular weight is 593 g/mol. The van der Waals surface area contributed by atoms with Gasteiger partial charge in [-0.3, -0.25) is 19.8 Å². The van der Waals surface area contributed by atoms with E-state index >= 15 is 0 Å². The first kappa shape index (κ1) is 30.1. The number of thioether (sulfide) groups is 1. The first-order chi connectivity index (χ1) is 20.3. The van der Waals surface area contributed by atoms with E-state index < -0.39 is 10.8 Å². The second-order valence-corrected chi connectivity index (χ2v) is 13.4. The number of allylic oxidation sites excluding steroid dienone is 3. The van der Waals surface area contributed by atoms with E-state index in [0.29, 0.717) is 29.8 Å². The summed E-state index contributed by atoms with van der Waals surface area (Å²) in [4.78, 5) is 28.3. The van der Waals surface area contributed by atoms with Crippen LogP contribution in [0.2, 0.25) is 0 Å². The van der Waals surface area contributed by atoms with Gasteiger partial charge >= 0.3 is 0 Å². The van der Waals surface area contributed by atoms with Crippen molar-refractivity contribution in [2.75, 3.05) is 4.90 Å². The summed E-state index contributed by atoms with van der Waals surface area (Å²) in [5, 5.41) is 22.3. The summed E-state index contributed by atoms with van der Waals surface area (Å²) in [5.74, 6) is 0.294. The summed E-state index contributed by atoms with van der Waals surface area (Å²) in [7, 11) is 0. The zero-order valence-corrected chi connectivity index (χ0v) is 26.3. The van der Waals surface area contributed by atoms with Gasteiger partial charge in [-0.2, -0.15) is 5.26 Å². The number of rotatable bonds is 6. The third-order valence-electron chi connectivity index (χ3n) is 8.54. The van der Waals surface area contributed by atoms with Gasteiger partial charge in [0.1, 0.15) is 5.82 Å². The molecule has 8 heteroatoms. The first-order valence-electron chi connectivity index (χ1n) is 14.3. The maximum atomic E-state index is 14.1. The maximum absolute atomic E-state index is 14.1. The van der Waals surface area contributed by atoms with E-state index in [0.717, 1.165) is 33.6 Å². The molecule has 2 aliphatic rings. The Morgan fingerprint density at radius 2 is 1.74 bits per heavy atom. The summed E-state index contributed by atoms with van der Waals surface area (Å²) in [6, 6.07) is 19.5. The summed E-state index contributed by atoms with van der Waals surface area (Å²) in [6.45, 7) is 12.1. The fourth-order valence-corrected chi connectivity index (χ4v) is 7.40. The molecule has 220 valence electrons. The Morgan fingerprint density at radius 1 is 1.02 bits per heavy atom. The van der Waals surface area contributed by atoms with Crippen molar-refractivity contribution in [1.82, 2.24) is 0 Å². The number of ketones is 1. The number of benzene rings is 3. The number of Topliss-reactive ketones (excluding diaryl/α,β-unsaturated/α-hetero) is 1. The third kappa shape index (κ3) is 5.57. The minimum absolute atomic E-state index is 0.0274. The lowest BCUT2D eigenvalue weighted by Gasteiger charge is -2.44. The van der Waals surface area contributed by atoms with E-state index in [1.165, 1.54) is 22.6 Å². The van der Waals surface area contributed by atoms with Gasteiger partial charge in [0.25, 0.3) is 5.69 Å². The zero-order chi connectivity index (χ0) is 31.2. The molecule has 0 bridgehead atoms. The molecule has 3 aromatic carbocycles. The van der Waals surface area contributed by atoms with Gasteiger partial charge in [-0.15, -0.1) is 11.8 Å². The number of anilines is 1. The van der Waals surface area contributed by atoms with Crippen LogP contribution < -0.4 is 10.6 Å². The van der Waals surface area contributed by atoms with Gasteiger partial charge in [0.05, 0.1) is 28.2 Å². The lowest BCUT2D eigenvalue weighted by Crippen LogP contribution is -2.42. The molecule has 7 nitrogen and oxygen atoms in total. The summed E-state index contributed by atoms with van der Waals surface area (Å²) >= 11 is 1.76. The highest BCUT2D eigenvalue weighted by molar-refractivity contribution is 7.98. The van der Waals surface area contributed by atoms with Crippen LogP contribution in [0.4, 0.5) is 11.4 Å². The second kappa shape index (κ2) is 11.4. The molecule has 3 aromatic rings. The number of non-ortho nitro benzene ring substituents is 1. The third-order valence-corrected chi connectivity index (χ3v) is 9.76. The monoisotopic (exact) mass is 592 g/mol. The number of carbonyl (C=O) groups excluding carboxylic acids is 1. The van der Waals surface area contributed by atoms with Gasteiger partial charge in [0.15, 0.2) is 5.78 Å². The number of nitrogens with two attached hydrogens (primary N) is 1. The van der Waals surface area contributed by atoms with Gasteiger partial charge in [0, 0.05) is 40.5 Å². The Balaban J connectivity index is 1.70. The molecule has 1 atom stereocenters. The fourth-order valence-electron chi connectivity index (χ4n) is 6.30. The van der Waals surface area contributed by atoms with E-state index in [1.54, 1.807) is 22.7 Å². The van der Waals surface area contributed by atoms with Crippen LogP contribution in [0.1, 0.15) is 66.0 Å². The van der Waals surface area contributed by atoms with Crippen LogP contribution in [-0.2, 0) is 10.5 Å². The highest BCUT2D eigenvalue weighted by atomic mass is 32.2. The van der Waals surface area contributed by atoms with E-state index in [-0.39, 0.29) is 28.3 Å². The average Bonchev–Trinajstić information content (AvgIpc) is 2.93. The van der Waals surface area contributed by atoms with Crippen LogP contribution in [0.15, 0.2) is 82.2 Å². The summed E-state index contributed by atoms with van der Waals surface area (Å²) < 4.78 is 0. The van der Waals surface area contributed by atoms with Crippen LogP contribution in [0.25, 0.3) is 0 Å². The Hall–Kier alpha value is -4.35. The normalized spacial score (nSPS) is 18.0. The number of carbonyl (C=O) groups is 1. The number of nitro benzene ring substituents is 1. The van der Waals surface area contributed by atoms with Crippen molar-refractivity contribution in [2.45, 2.75) is 71.0 Å². The van der Waals surface area contributed by atoms with Crippen LogP contribution >= 0.6 is 11.8 Å². The van der Waals surface area contributed by atoms with Crippen molar-refractivity contribution in [1.29, 1.82) is 5.26 Å². The molecule has 1 aliphatic carbocycles. The van der Waals surface area contributed by atoms with Crippen molar-refractivity contribution >= 4 is 28.9 Å². The molecule has 0 aromatic heterocycles. The molecule has 5 rings (SSSR count). The maximum Gasteiger partial charge on any atom is 0.271 e. The van der Waals surface area contributed by atoms with Crippen LogP contribution in [-0.4, -0.2) is 10.7 Å². The fraction of sp³-hybridized carbons (Fsp3) is 0.314. The molecule has 1 aliphatic heterocycles. The number of hydrogen-bond acceptors (Lipinski definition) is 7. The number of nitrogens with zero attached hydrogens (tertiary/aromatic N) is 3. The molecule has 0 radical (unpaired) electrons. The molecular weight excluding hydrogens is 556 g/mol. The zero-order valence-electron chi connectivity index (χ0n) is 25.4. The number of hydrogen-bond donors (Lipinski definition) is 1. The predicted octanol–water partition coefficient (Wildman–Crippen LogP) is 8.06. The molecule has 0 saturated heterocycles. The Morgan fingerprint density at radius 3 is 2.42 bits per heavy atom. The van der Waals surface area contributed by atoms with Crippen LogP contribution in [0.3, 0.4) is 0 Å². The van der Waals surface area contributed by atoms with Gasteiger partial charge in [-0.05, 0) is 79.0 Å². The minimum Gasteiger partial charge on any atom is -0.384 e. The predicted molar refractivity (Wildman–Crippen MR) is 172 cm³/mol. The van der Waals surface area contributed by atoms with E-state index in [2.05, 4.69) is 44.2 Å². The van der Waals surface area contributed by atoms with Crippen molar-refractivity contribution in [3.63, 3.8) is 0 Å². The summed E-state index contributed by atoms with van der Waals surface area (Å²) in [5.41, 5.74) is 14.6. The van der Waals surface area contributed by atoms with Crippen molar-refractivity contribution < 1.29 is 9.72 Å². The molecule has 0 amide bonds. The van der Waals surface area contributed by atoms with Crippen molar-refractivity contribution in [3.8, 4) is 6.07 Å². The van der Waals surface area contributed by atoms with Crippen molar-refractivity contribution in [3.05, 3.63) is 121 Å². The highest BCUT2D eigenvalue weighted by Gasteiger charge is 2.45. The van der Waals surface area contributed by atoms with Gasteiger partial charge in [0.2, 0.25) is 0 Å². The van der Waals surface area contributed by atoms with E-state index in [4.69, 9.17) is 5.73 Å². The standard InChI is InChI=1S/C35H36N4O3S/c1-20-11-12-25(39(41)42)15-28(20)38-29-16-35(5,6)17-30(40)33(29)32(27(18-36)34(38)37)26-14-24(22(3)13-23(26)4)19-43-31-10-8-7-9-21(31)2/h7-15,32H,16-17,19,37H2,1-6H3. The number of nitro groups is 1.